The molecule has 1 heterocycles. The van der Waals surface area contributed by atoms with Crippen molar-refractivity contribution >= 4 is 35.2 Å². The molecule has 1 aromatic rings. The van der Waals surface area contributed by atoms with Crippen LogP contribution in [0.1, 0.15) is 19.8 Å². The molecule has 0 saturated heterocycles. The average Bonchev–Trinajstić information content (AvgIpc) is 2.77. The van der Waals surface area contributed by atoms with Gasteiger partial charge in [-0.3, -0.25) is 0 Å². The van der Waals surface area contributed by atoms with Crippen molar-refractivity contribution in [3.63, 3.8) is 0 Å². The van der Waals surface area contributed by atoms with Crippen LogP contribution in [0.15, 0.2) is 17.1 Å². The van der Waals surface area contributed by atoms with Crippen molar-refractivity contribution in [2.45, 2.75) is 31.5 Å². The number of benzene rings is 1. The van der Waals surface area contributed by atoms with Crippen LogP contribution in [-0.4, -0.2) is 22.6 Å². The van der Waals surface area contributed by atoms with Crippen molar-refractivity contribution < 1.29 is 18.3 Å². The van der Waals surface area contributed by atoms with E-state index in [0.29, 0.717) is 33.1 Å². The second-order valence-corrected chi connectivity index (χ2v) is 5.97. The fourth-order valence-electron chi connectivity index (χ4n) is 3.12. The smallest absolute Gasteiger partial charge is 0.375 e. The van der Waals surface area contributed by atoms with Crippen LogP contribution >= 0.6 is 11.6 Å². The fourth-order valence-corrected chi connectivity index (χ4v) is 3.28. The van der Waals surface area contributed by atoms with Crippen LogP contribution in [0.4, 0.5) is 18.9 Å². The predicted molar refractivity (Wildman–Crippen MR) is 76.1 cm³/mol. The minimum atomic E-state index is -4.77. The van der Waals surface area contributed by atoms with E-state index in [4.69, 9.17) is 11.6 Å². The van der Waals surface area contributed by atoms with Crippen molar-refractivity contribution in [1.29, 1.82) is 0 Å². The van der Waals surface area contributed by atoms with Gasteiger partial charge >= 0.3 is 6.18 Å². The van der Waals surface area contributed by atoms with Gasteiger partial charge in [-0.25, -0.2) is 4.99 Å². The SMILES string of the molecule is C=c1c(Cl)ccc2c1=C1CCC(C)C(O)(C(F)(F)F)C1=N2. The molecule has 21 heavy (non-hydrogen) atoms. The van der Waals surface area contributed by atoms with Crippen molar-refractivity contribution in [2.75, 3.05) is 0 Å². The highest BCUT2D eigenvalue weighted by molar-refractivity contribution is 6.31. The normalized spacial score (nSPS) is 28.2. The quantitative estimate of drug-likeness (QED) is 0.784. The highest BCUT2D eigenvalue weighted by Gasteiger charge is 2.63. The Bertz CT molecular complexity index is 768. The first-order chi connectivity index (χ1) is 9.68. The third-order valence-electron chi connectivity index (χ3n) is 4.39. The molecule has 0 radical (unpaired) electrons. The van der Waals surface area contributed by atoms with Gasteiger partial charge in [-0.2, -0.15) is 13.2 Å². The molecule has 1 aliphatic heterocycles. The minimum absolute atomic E-state index is 0.232. The Morgan fingerprint density at radius 1 is 1.43 bits per heavy atom. The van der Waals surface area contributed by atoms with E-state index in [1.54, 1.807) is 12.1 Å². The molecule has 1 aliphatic carbocycles. The van der Waals surface area contributed by atoms with E-state index < -0.39 is 17.7 Å². The van der Waals surface area contributed by atoms with Gasteiger partial charge in [0, 0.05) is 16.2 Å². The summed E-state index contributed by atoms with van der Waals surface area (Å²) < 4.78 is 40.3. The maximum Gasteiger partial charge on any atom is 0.423 e. The summed E-state index contributed by atoms with van der Waals surface area (Å²) in [6.07, 6.45) is -4.12. The molecule has 0 amide bonds. The maximum absolute atomic E-state index is 13.4. The standard InChI is InChI=1S/C15H13ClF3NO/c1-7-3-4-9-12-8(2)10(16)5-6-11(12)20-13(9)14(7,21)15(17,18)19/h5-7,21H,2-4H2,1H3. The molecule has 1 aromatic carbocycles. The molecule has 2 aliphatic rings. The van der Waals surface area contributed by atoms with Gasteiger partial charge in [0.15, 0.2) is 0 Å². The molecule has 2 nitrogen and oxygen atoms in total. The lowest BCUT2D eigenvalue weighted by Gasteiger charge is -2.40. The van der Waals surface area contributed by atoms with Crippen molar-refractivity contribution in [1.82, 2.24) is 0 Å². The van der Waals surface area contributed by atoms with Crippen molar-refractivity contribution in [3.8, 4) is 0 Å². The molecular weight excluding hydrogens is 303 g/mol. The summed E-state index contributed by atoms with van der Waals surface area (Å²) in [5.41, 5.74) is -2.41. The highest BCUT2D eigenvalue weighted by atomic mass is 35.5. The van der Waals surface area contributed by atoms with E-state index in [9.17, 15) is 18.3 Å². The minimum Gasteiger partial charge on any atom is -0.375 e. The first kappa shape index (κ1) is 14.6. The van der Waals surface area contributed by atoms with Crippen LogP contribution < -0.4 is 10.4 Å². The summed E-state index contributed by atoms with van der Waals surface area (Å²) in [4.78, 5) is 4.06. The van der Waals surface area contributed by atoms with E-state index in [2.05, 4.69) is 11.6 Å². The fraction of sp³-hybridized carbons (Fsp3) is 0.400. The van der Waals surface area contributed by atoms with Gasteiger partial charge in [-0.1, -0.05) is 25.1 Å². The number of hydrogen-bond donors (Lipinski definition) is 1. The van der Waals surface area contributed by atoms with Gasteiger partial charge in [-0.05, 0) is 35.8 Å². The average molecular weight is 316 g/mol. The first-order valence-corrected chi connectivity index (χ1v) is 6.95. The lowest BCUT2D eigenvalue weighted by Crippen LogP contribution is -2.59. The van der Waals surface area contributed by atoms with Crippen LogP contribution in [-0.2, 0) is 0 Å². The van der Waals surface area contributed by atoms with Crippen LogP contribution in [0.5, 0.6) is 0 Å². The number of halogens is 4. The number of fused-ring (bicyclic) bond motifs is 2. The van der Waals surface area contributed by atoms with E-state index in [-0.39, 0.29) is 12.1 Å². The Morgan fingerprint density at radius 2 is 2.10 bits per heavy atom. The number of nitrogens with zero attached hydrogens (tertiary/aromatic N) is 1. The van der Waals surface area contributed by atoms with Gasteiger partial charge in [0.1, 0.15) is 0 Å². The number of aliphatic imine (C=N–C) groups is 1. The largest absolute Gasteiger partial charge is 0.423 e. The van der Waals surface area contributed by atoms with E-state index in [1.165, 1.54) is 6.92 Å². The Kier molecular flexibility index (Phi) is 3.01. The van der Waals surface area contributed by atoms with Crippen LogP contribution in [0.2, 0.25) is 5.02 Å². The Morgan fingerprint density at radius 3 is 2.71 bits per heavy atom. The molecule has 1 fully saturated rings. The van der Waals surface area contributed by atoms with Gasteiger partial charge in [0.05, 0.1) is 11.4 Å². The molecule has 6 heteroatoms. The van der Waals surface area contributed by atoms with Gasteiger partial charge in [-0.15, -0.1) is 0 Å². The van der Waals surface area contributed by atoms with Crippen molar-refractivity contribution in [2.24, 2.45) is 10.9 Å². The Hall–Kier alpha value is -1.33. The van der Waals surface area contributed by atoms with E-state index >= 15 is 0 Å². The molecule has 0 spiro atoms. The molecular formula is C15H13ClF3NO. The summed E-state index contributed by atoms with van der Waals surface area (Å²) in [6, 6.07) is 3.12. The summed E-state index contributed by atoms with van der Waals surface area (Å²) >= 11 is 6.00. The number of rotatable bonds is 0. The van der Waals surface area contributed by atoms with Crippen molar-refractivity contribution in [3.05, 3.63) is 27.6 Å². The van der Waals surface area contributed by atoms with Crippen LogP contribution in [0.3, 0.4) is 0 Å². The molecule has 0 bridgehead atoms. The maximum atomic E-state index is 13.4. The monoisotopic (exact) mass is 315 g/mol. The number of aliphatic hydroxyl groups is 1. The lowest BCUT2D eigenvalue weighted by atomic mass is 9.72. The summed E-state index contributed by atoms with van der Waals surface area (Å²) in [5, 5.41) is 11.7. The third-order valence-corrected chi connectivity index (χ3v) is 4.74. The zero-order chi connectivity index (χ0) is 15.6. The zero-order valence-corrected chi connectivity index (χ0v) is 12.0. The third kappa shape index (κ3) is 1.80. The van der Waals surface area contributed by atoms with Crippen LogP contribution in [0, 0.1) is 5.92 Å². The van der Waals surface area contributed by atoms with E-state index in [1.807, 2.05) is 0 Å². The van der Waals surface area contributed by atoms with Gasteiger partial charge in [0.2, 0.25) is 5.60 Å². The molecule has 2 unspecified atom stereocenters. The topological polar surface area (TPSA) is 32.6 Å². The molecule has 1 saturated carbocycles. The number of alkyl halides is 3. The van der Waals surface area contributed by atoms with Crippen LogP contribution in [0.25, 0.3) is 12.2 Å². The Labute approximate surface area is 124 Å². The molecule has 112 valence electrons. The highest BCUT2D eigenvalue weighted by Crippen LogP contribution is 2.47. The summed E-state index contributed by atoms with van der Waals surface area (Å²) in [7, 11) is 0. The molecule has 2 atom stereocenters. The first-order valence-electron chi connectivity index (χ1n) is 6.57. The van der Waals surface area contributed by atoms with Gasteiger partial charge < -0.3 is 5.11 Å². The summed E-state index contributed by atoms with van der Waals surface area (Å²) in [6.45, 7) is 5.22. The molecule has 3 rings (SSSR count). The molecule has 1 N–H and O–H groups in total. The number of hydrogen-bond acceptors (Lipinski definition) is 2. The second kappa shape index (κ2) is 4.34. The lowest BCUT2D eigenvalue weighted by molar-refractivity contribution is -0.247. The second-order valence-electron chi connectivity index (χ2n) is 5.56. The van der Waals surface area contributed by atoms with Gasteiger partial charge in [0.25, 0.3) is 0 Å². The van der Waals surface area contributed by atoms with E-state index in [0.717, 1.165) is 0 Å². The summed E-state index contributed by atoms with van der Waals surface area (Å²) in [5.74, 6) is -0.946. The predicted octanol–water partition coefficient (Wildman–Crippen LogP) is 2.71. The molecule has 0 aromatic heterocycles. The Balaban J connectivity index is 2.33. The zero-order valence-electron chi connectivity index (χ0n) is 11.3.